The maximum Gasteiger partial charge on any atom is 0.130 e. The molecule has 1 aromatic carbocycles. The van der Waals surface area contributed by atoms with Crippen LogP contribution in [0.3, 0.4) is 0 Å². The predicted molar refractivity (Wildman–Crippen MR) is 86.6 cm³/mol. The first kappa shape index (κ1) is 20.1. The van der Waals surface area contributed by atoms with Gasteiger partial charge in [0.15, 0.2) is 0 Å². The van der Waals surface area contributed by atoms with Crippen LogP contribution in [0.2, 0.25) is 0 Å². The zero-order valence-corrected chi connectivity index (χ0v) is 13.7. The van der Waals surface area contributed by atoms with Gasteiger partial charge in [-0.2, -0.15) is 0 Å². The van der Waals surface area contributed by atoms with Crippen molar-refractivity contribution in [3.63, 3.8) is 0 Å². The number of hydrogen-bond donors (Lipinski definition) is 0. The van der Waals surface area contributed by atoms with Gasteiger partial charge in [0, 0.05) is 18.4 Å². The van der Waals surface area contributed by atoms with Crippen LogP contribution in [-0.2, 0) is 11.3 Å². The molecule has 124 valence electrons. The summed E-state index contributed by atoms with van der Waals surface area (Å²) in [4.78, 5) is 19.3. The van der Waals surface area contributed by atoms with E-state index >= 15 is 0 Å². The number of Topliss-reactive ketones (excluding diaryl/α,β-unsaturated/α-hetero) is 1. The topological polar surface area (TPSA) is 83.3 Å². The lowest BCUT2D eigenvalue weighted by molar-refractivity contribution is -0.937. The minimum atomic E-state index is -1.75. The van der Waals surface area contributed by atoms with Crippen LogP contribution in [0.4, 0.5) is 0 Å². The molecule has 6 nitrogen and oxygen atoms in total. The lowest BCUT2D eigenvalue weighted by atomic mass is 10.1. The van der Waals surface area contributed by atoms with Gasteiger partial charge >= 0.3 is 0 Å². The van der Waals surface area contributed by atoms with Crippen LogP contribution in [0.25, 0.3) is 0 Å². The van der Waals surface area contributed by atoms with E-state index in [1.165, 1.54) is 5.56 Å². The molecule has 0 aliphatic rings. The molecule has 0 bridgehead atoms. The fourth-order valence-corrected chi connectivity index (χ4v) is 2.48. The molecular weight excluding hydrogens is 284 g/mol. The van der Waals surface area contributed by atoms with Gasteiger partial charge in [-0.05, 0) is 20.8 Å². The molecular formula is C16H26N2O4. The molecule has 0 unspecified atom stereocenters. The highest BCUT2D eigenvalue weighted by atomic mass is 16.9. The number of ketones is 1. The van der Waals surface area contributed by atoms with E-state index in [1.807, 2.05) is 0 Å². The monoisotopic (exact) mass is 310 g/mol. The molecule has 0 N–H and O–H groups in total. The minimum Gasteiger partial charge on any atom is -0.356 e. The van der Waals surface area contributed by atoms with Gasteiger partial charge in [0.1, 0.15) is 12.3 Å². The first-order chi connectivity index (χ1) is 10.3. The number of carbonyl (C=O) groups is 1. The van der Waals surface area contributed by atoms with Crippen molar-refractivity contribution in [2.24, 2.45) is 0 Å². The molecule has 0 aliphatic carbocycles. The molecule has 1 aromatic rings. The van der Waals surface area contributed by atoms with Crippen LogP contribution in [0.5, 0.6) is 0 Å². The Kier molecular flexibility index (Phi) is 9.78. The fraction of sp³-hybridized carbons (Fsp3) is 0.562. The molecule has 6 heteroatoms. The van der Waals surface area contributed by atoms with Crippen molar-refractivity contribution in [2.75, 3.05) is 19.6 Å². The Balaban J connectivity index is 0.000000980. The highest BCUT2D eigenvalue weighted by molar-refractivity contribution is 5.75. The SMILES string of the molecule is CC[N+](CC)(CCCC(C)=O)Cc1ccccc1.O=[N+]([O-])[O-]. The van der Waals surface area contributed by atoms with E-state index in [9.17, 15) is 4.79 Å². The number of nitrogens with zero attached hydrogens (tertiary/aromatic N) is 2. The predicted octanol–water partition coefficient (Wildman–Crippen LogP) is 3.17. The normalized spacial score (nSPS) is 10.5. The van der Waals surface area contributed by atoms with Gasteiger partial charge in [-0.25, -0.2) is 0 Å². The number of rotatable bonds is 8. The van der Waals surface area contributed by atoms with E-state index in [0.29, 0.717) is 5.78 Å². The lowest BCUT2D eigenvalue weighted by Crippen LogP contribution is -2.47. The summed E-state index contributed by atoms with van der Waals surface area (Å²) >= 11 is 0. The van der Waals surface area contributed by atoms with Crippen molar-refractivity contribution in [2.45, 2.75) is 40.2 Å². The van der Waals surface area contributed by atoms with Crippen molar-refractivity contribution < 1.29 is 14.4 Å². The van der Waals surface area contributed by atoms with Crippen molar-refractivity contribution in [3.05, 3.63) is 51.2 Å². The summed E-state index contributed by atoms with van der Waals surface area (Å²) in [6.45, 7) is 10.6. The van der Waals surface area contributed by atoms with Gasteiger partial charge in [-0.15, -0.1) is 0 Å². The van der Waals surface area contributed by atoms with Gasteiger partial charge in [-0.1, -0.05) is 30.3 Å². The van der Waals surface area contributed by atoms with E-state index in [-0.39, 0.29) is 0 Å². The molecule has 0 saturated heterocycles. The summed E-state index contributed by atoms with van der Waals surface area (Å²) in [5, 5.41) is 14.8. The van der Waals surface area contributed by atoms with Crippen LogP contribution >= 0.6 is 0 Å². The molecule has 0 atom stereocenters. The largest absolute Gasteiger partial charge is 0.356 e. The second kappa shape index (κ2) is 10.7. The number of benzene rings is 1. The first-order valence-corrected chi connectivity index (χ1v) is 7.55. The Morgan fingerprint density at radius 3 is 2.05 bits per heavy atom. The molecule has 0 spiro atoms. The maximum absolute atomic E-state index is 11.1. The van der Waals surface area contributed by atoms with Gasteiger partial charge in [-0.3, -0.25) is 0 Å². The molecule has 0 saturated carbocycles. The van der Waals surface area contributed by atoms with E-state index in [2.05, 4.69) is 44.2 Å². The molecule has 0 aliphatic heterocycles. The van der Waals surface area contributed by atoms with Crippen LogP contribution in [-0.4, -0.2) is 35.0 Å². The fourth-order valence-electron chi connectivity index (χ4n) is 2.48. The Morgan fingerprint density at radius 1 is 1.14 bits per heavy atom. The average molecular weight is 310 g/mol. The van der Waals surface area contributed by atoms with Crippen molar-refractivity contribution in [3.8, 4) is 0 Å². The summed E-state index contributed by atoms with van der Waals surface area (Å²) < 4.78 is 1.08. The summed E-state index contributed by atoms with van der Waals surface area (Å²) in [5.74, 6) is 0.306. The third-order valence-electron chi connectivity index (χ3n) is 3.86. The summed E-state index contributed by atoms with van der Waals surface area (Å²) in [7, 11) is 0. The second-order valence-corrected chi connectivity index (χ2v) is 5.37. The number of quaternary nitrogens is 1. The van der Waals surface area contributed by atoms with Crippen molar-refractivity contribution in [1.29, 1.82) is 0 Å². The second-order valence-electron chi connectivity index (χ2n) is 5.37. The number of hydrogen-bond acceptors (Lipinski definition) is 4. The van der Waals surface area contributed by atoms with Crippen LogP contribution in [0.15, 0.2) is 30.3 Å². The molecule has 1 rings (SSSR count). The quantitative estimate of drug-likeness (QED) is 0.419. The Bertz CT molecular complexity index is 441. The van der Waals surface area contributed by atoms with E-state index < -0.39 is 5.09 Å². The Labute approximate surface area is 132 Å². The maximum atomic E-state index is 11.1. The van der Waals surface area contributed by atoms with Crippen LogP contribution in [0, 0.1) is 15.3 Å². The minimum absolute atomic E-state index is 0.306. The van der Waals surface area contributed by atoms with Gasteiger partial charge in [0.2, 0.25) is 0 Å². The summed E-state index contributed by atoms with van der Waals surface area (Å²) in [6, 6.07) is 10.7. The molecule has 22 heavy (non-hydrogen) atoms. The highest BCUT2D eigenvalue weighted by Gasteiger charge is 2.23. The molecule has 0 heterocycles. The Morgan fingerprint density at radius 2 is 1.64 bits per heavy atom. The van der Waals surface area contributed by atoms with Gasteiger partial charge < -0.3 is 24.6 Å². The van der Waals surface area contributed by atoms with Gasteiger partial charge in [0.05, 0.1) is 24.7 Å². The Hall–Kier alpha value is -1.95. The van der Waals surface area contributed by atoms with Crippen LogP contribution in [0.1, 0.15) is 39.2 Å². The average Bonchev–Trinajstić information content (AvgIpc) is 2.46. The van der Waals surface area contributed by atoms with E-state index in [0.717, 1.165) is 43.5 Å². The van der Waals surface area contributed by atoms with Gasteiger partial charge in [0.25, 0.3) is 0 Å². The zero-order valence-electron chi connectivity index (χ0n) is 13.7. The highest BCUT2D eigenvalue weighted by Crippen LogP contribution is 2.16. The van der Waals surface area contributed by atoms with Crippen molar-refractivity contribution >= 4 is 5.78 Å². The van der Waals surface area contributed by atoms with Crippen LogP contribution < -0.4 is 0 Å². The standard InChI is InChI=1S/C16H26NO.NO3/c1-4-17(5-2,13-9-10-15(3)18)14-16-11-7-6-8-12-16;2-1(3)4/h6-8,11-12H,4-5,9-10,13-14H2,1-3H3;/q+1;-1. The van der Waals surface area contributed by atoms with E-state index in [4.69, 9.17) is 15.3 Å². The molecule has 0 radical (unpaired) electrons. The summed E-state index contributed by atoms with van der Waals surface area (Å²) in [6.07, 6.45) is 1.72. The third kappa shape index (κ3) is 9.07. The molecule has 0 aromatic heterocycles. The van der Waals surface area contributed by atoms with E-state index in [1.54, 1.807) is 6.92 Å². The smallest absolute Gasteiger partial charge is 0.130 e. The molecule has 0 fully saturated rings. The molecule has 0 amide bonds. The first-order valence-electron chi connectivity index (χ1n) is 7.55. The van der Waals surface area contributed by atoms with Crippen molar-refractivity contribution in [1.82, 2.24) is 0 Å². The summed E-state index contributed by atoms with van der Waals surface area (Å²) in [5.41, 5.74) is 1.39. The third-order valence-corrected chi connectivity index (χ3v) is 3.86. The lowest BCUT2D eigenvalue weighted by Gasteiger charge is -2.37. The zero-order chi connectivity index (χ0) is 17.0. The number of carbonyl (C=O) groups excluding carboxylic acids is 1.